The van der Waals surface area contributed by atoms with E-state index in [0.29, 0.717) is 10.7 Å². The molecule has 1 aliphatic rings. The molecule has 1 aliphatic carbocycles. The smallest absolute Gasteiger partial charge is 0.270 e. The highest BCUT2D eigenvalue weighted by Crippen LogP contribution is 2.26. The van der Waals surface area contributed by atoms with E-state index in [1.165, 1.54) is 0 Å². The van der Waals surface area contributed by atoms with Crippen molar-refractivity contribution in [2.75, 3.05) is 13.6 Å². The standard InChI is InChI=1S/C20H24ClN3O2/c1-3-24(2)20(26)13-5-8-17(9-6-13)23-19(25)18-11-14-4-7-16(21)10-15(14)12-22-18/h4,7,10-13,17H,3,5-6,8-9H2,1-2H3,(H,23,25). The summed E-state index contributed by atoms with van der Waals surface area (Å²) in [5, 5.41) is 5.56. The van der Waals surface area contributed by atoms with Crippen molar-refractivity contribution in [1.82, 2.24) is 15.2 Å². The molecule has 0 saturated heterocycles. The Kier molecular flexibility index (Phi) is 5.77. The van der Waals surface area contributed by atoms with Crippen LogP contribution in [0, 0.1) is 5.92 Å². The first-order valence-corrected chi connectivity index (χ1v) is 9.47. The van der Waals surface area contributed by atoms with E-state index in [0.717, 1.165) is 43.0 Å². The van der Waals surface area contributed by atoms with Gasteiger partial charge in [-0.15, -0.1) is 0 Å². The molecule has 5 nitrogen and oxygen atoms in total. The first kappa shape index (κ1) is 18.6. The van der Waals surface area contributed by atoms with Crippen molar-refractivity contribution in [1.29, 1.82) is 0 Å². The van der Waals surface area contributed by atoms with Crippen LogP contribution >= 0.6 is 11.6 Å². The minimum absolute atomic E-state index is 0.0802. The molecule has 2 amide bonds. The van der Waals surface area contributed by atoms with Crippen molar-refractivity contribution in [2.45, 2.75) is 38.6 Å². The minimum atomic E-state index is -0.165. The number of carbonyl (C=O) groups is 2. The third-order valence-corrected chi connectivity index (χ3v) is 5.41. The summed E-state index contributed by atoms with van der Waals surface area (Å²) in [5.41, 5.74) is 0.406. The number of aromatic nitrogens is 1. The van der Waals surface area contributed by atoms with Gasteiger partial charge in [0.15, 0.2) is 0 Å². The van der Waals surface area contributed by atoms with E-state index in [2.05, 4.69) is 10.3 Å². The molecular weight excluding hydrogens is 350 g/mol. The summed E-state index contributed by atoms with van der Waals surface area (Å²) in [6.45, 7) is 2.71. The third-order valence-electron chi connectivity index (χ3n) is 5.18. The van der Waals surface area contributed by atoms with E-state index in [1.54, 1.807) is 23.2 Å². The van der Waals surface area contributed by atoms with Crippen LogP contribution in [0.2, 0.25) is 5.02 Å². The van der Waals surface area contributed by atoms with Gasteiger partial charge in [-0.25, -0.2) is 0 Å². The highest BCUT2D eigenvalue weighted by Gasteiger charge is 2.28. The van der Waals surface area contributed by atoms with Gasteiger partial charge < -0.3 is 10.2 Å². The number of fused-ring (bicyclic) bond motifs is 1. The molecule has 0 atom stereocenters. The Morgan fingerprint density at radius 2 is 1.92 bits per heavy atom. The molecule has 2 aromatic rings. The van der Waals surface area contributed by atoms with E-state index >= 15 is 0 Å². The van der Waals surface area contributed by atoms with E-state index in [-0.39, 0.29) is 23.8 Å². The predicted octanol–water partition coefficient (Wildman–Crippen LogP) is 3.66. The predicted molar refractivity (Wildman–Crippen MR) is 103 cm³/mol. The fraction of sp³-hybridized carbons (Fsp3) is 0.450. The number of nitrogens with zero attached hydrogens (tertiary/aromatic N) is 2. The van der Waals surface area contributed by atoms with Gasteiger partial charge in [0, 0.05) is 42.2 Å². The van der Waals surface area contributed by atoms with Crippen LogP contribution in [0.15, 0.2) is 30.5 Å². The highest BCUT2D eigenvalue weighted by molar-refractivity contribution is 6.31. The van der Waals surface area contributed by atoms with Crippen molar-refractivity contribution in [3.05, 3.63) is 41.2 Å². The Morgan fingerprint density at radius 3 is 2.62 bits per heavy atom. The zero-order valence-electron chi connectivity index (χ0n) is 15.2. The molecule has 1 fully saturated rings. The van der Waals surface area contributed by atoms with Crippen LogP contribution in [-0.4, -0.2) is 41.3 Å². The van der Waals surface area contributed by atoms with Gasteiger partial charge >= 0.3 is 0 Å². The Hall–Kier alpha value is -2.14. The number of hydrogen-bond acceptors (Lipinski definition) is 3. The third kappa shape index (κ3) is 4.15. The fourth-order valence-corrected chi connectivity index (χ4v) is 3.63. The van der Waals surface area contributed by atoms with Gasteiger partial charge in [0.1, 0.15) is 5.69 Å². The van der Waals surface area contributed by atoms with Crippen molar-refractivity contribution in [2.24, 2.45) is 5.92 Å². The lowest BCUT2D eigenvalue weighted by molar-refractivity contribution is -0.135. The Bertz CT molecular complexity index is 816. The summed E-state index contributed by atoms with van der Waals surface area (Å²) in [4.78, 5) is 30.8. The molecule has 3 rings (SSSR count). The number of amides is 2. The molecule has 138 valence electrons. The second-order valence-corrected chi connectivity index (χ2v) is 7.37. The number of benzene rings is 1. The van der Waals surface area contributed by atoms with Crippen LogP contribution in [0.5, 0.6) is 0 Å². The van der Waals surface area contributed by atoms with Crippen molar-refractivity contribution < 1.29 is 9.59 Å². The molecule has 1 aromatic heterocycles. The molecule has 1 saturated carbocycles. The number of halogens is 1. The lowest BCUT2D eigenvalue weighted by Gasteiger charge is -2.30. The van der Waals surface area contributed by atoms with Gasteiger partial charge in [-0.3, -0.25) is 14.6 Å². The Morgan fingerprint density at radius 1 is 1.19 bits per heavy atom. The van der Waals surface area contributed by atoms with Gasteiger partial charge in [0.2, 0.25) is 5.91 Å². The number of hydrogen-bond donors (Lipinski definition) is 1. The maximum Gasteiger partial charge on any atom is 0.270 e. The number of rotatable bonds is 4. The molecule has 26 heavy (non-hydrogen) atoms. The van der Waals surface area contributed by atoms with Crippen LogP contribution in [0.25, 0.3) is 10.8 Å². The summed E-state index contributed by atoms with van der Waals surface area (Å²) in [6, 6.07) is 7.40. The van der Waals surface area contributed by atoms with Crippen LogP contribution < -0.4 is 5.32 Å². The molecule has 6 heteroatoms. The van der Waals surface area contributed by atoms with E-state index < -0.39 is 0 Å². The first-order chi connectivity index (χ1) is 12.5. The number of pyridine rings is 1. The van der Waals surface area contributed by atoms with Gasteiger partial charge in [0.05, 0.1) is 0 Å². The van der Waals surface area contributed by atoms with E-state index in [4.69, 9.17) is 11.6 Å². The topological polar surface area (TPSA) is 62.3 Å². The van der Waals surface area contributed by atoms with Crippen molar-refractivity contribution in [3.8, 4) is 0 Å². The molecule has 0 unspecified atom stereocenters. The molecule has 0 radical (unpaired) electrons. The molecule has 1 N–H and O–H groups in total. The van der Waals surface area contributed by atoms with Gasteiger partial charge in [-0.1, -0.05) is 17.7 Å². The first-order valence-electron chi connectivity index (χ1n) is 9.09. The van der Waals surface area contributed by atoms with Gasteiger partial charge in [-0.05, 0) is 56.2 Å². The number of nitrogens with one attached hydrogen (secondary N) is 1. The quantitative estimate of drug-likeness (QED) is 0.889. The van der Waals surface area contributed by atoms with Crippen LogP contribution in [0.1, 0.15) is 43.1 Å². The molecule has 0 spiro atoms. The largest absolute Gasteiger partial charge is 0.348 e. The van der Waals surface area contributed by atoms with Crippen LogP contribution in [-0.2, 0) is 4.79 Å². The second kappa shape index (κ2) is 8.04. The zero-order valence-corrected chi connectivity index (χ0v) is 15.9. The monoisotopic (exact) mass is 373 g/mol. The molecule has 1 aromatic carbocycles. The fourth-order valence-electron chi connectivity index (χ4n) is 3.45. The minimum Gasteiger partial charge on any atom is -0.348 e. The van der Waals surface area contributed by atoms with Crippen LogP contribution in [0.4, 0.5) is 0 Å². The lowest BCUT2D eigenvalue weighted by Crippen LogP contribution is -2.41. The van der Waals surface area contributed by atoms with Crippen LogP contribution in [0.3, 0.4) is 0 Å². The van der Waals surface area contributed by atoms with Crippen molar-refractivity contribution >= 4 is 34.2 Å². The average Bonchev–Trinajstić information content (AvgIpc) is 2.66. The summed E-state index contributed by atoms with van der Waals surface area (Å²) < 4.78 is 0. The van der Waals surface area contributed by atoms with E-state index in [1.807, 2.05) is 26.1 Å². The van der Waals surface area contributed by atoms with Crippen molar-refractivity contribution in [3.63, 3.8) is 0 Å². The summed E-state index contributed by atoms with van der Waals surface area (Å²) in [6.07, 6.45) is 4.95. The second-order valence-electron chi connectivity index (χ2n) is 6.94. The van der Waals surface area contributed by atoms with Gasteiger partial charge in [-0.2, -0.15) is 0 Å². The molecule has 0 aliphatic heterocycles. The van der Waals surface area contributed by atoms with E-state index in [9.17, 15) is 9.59 Å². The highest BCUT2D eigenvalue weighted by atomic mass is 35.5. The maximum atomic E-state index is 12.5. The van der Waals surface area contributed by atoms with Gasteiger partial charge in [0.25, 0.3) is 5.91 Å². The summed E-state index contributed by atoms with van der Waals surface area (Å²) in [7, 11) is 1.84. The number of carbonyl (C=O) groups excluding carboxylic acids is 2. The Balaban J connectivity index is 1.59. The molecular formula is C20H24ClN3O2. The average molecular weight is 374 g/mol. The Labute approximate surface area is 158 Å². The SMILES string of the molecule is CCN(C)C(=O)C1CCC(NC(=O)c2cc3ccc(Cl)cc3cn2)CC1. The lowest BCUT2D eigenvalue weighted by atomic mass is 9.85. The summed E-state index contributed by atoms with van der Waals surface area (Å²) >= 11 is 5.98. The zero-order chi connectivity index (χ0) is 18.7. The maximum absolute atomic E-state index is 12.5. The summed E-state index contributed by atoms with van der Waals surface area (Å²) in [5.74, 6) is 0.131. The molecule has 0 bridgehead atoms. The normalized spacial score (nSPS) is 20.0. The molecule has 1 heterocycles.